The summed E-state index contributed by atoms with van der Waals surface area (Å²) in [6.45, 7) is 0. The van der Waals surface area contributed by atoms with Crippen molar-refractivity contribution in [1.82, 2.24) is 9.78 Å². The Kier molecular flexibility index (Phi) is 4.45. The second-order valence-corrected chi connectivity index (χ2v) is 5.04. The molecular weight excluding hydrogens is 285 g/mol. The van der Waals surface area contributed by atoms with Crippen molar-refractivity contribution >= 4 is 34.8 Å². The molecule has 0 saturated carbocycles. The van der Waals surface area contributed by atoms with Crippen LogP contribution in [0.5, 0.6) is 0 Å². The van der Waals surface area contributed by atoms with Gasteiger partial charge in [0.2, 0.25) is 5.91 Å². The average Bonchev–Trinajstić information content (AvgIpc) is 2.76. The Labute approximate surface area is 121 Å². The maximum Gasteiger partial charge on any atom is 0.224 e. The smallest absolute Gasteiger partial charge is 0.224 e. The second kappa shape index (κ2) is 6.08. The third-order valence-corrected chi connectivity index (χ3v) is 3.15. The van der Waals surface area contributed by atoms with E-state index < -0.39 is 0 Å². The third-order valence-electron chi connectivity index (χ3n) is 2.60. The van der Waals surface area contributed by atoms with Crippen molar-refractivity contribution in [1.29, 1.82) is 0 Å². The fraction of sp³-hybridized carbons (Fsp3) is 0.231. The van der Waals surface area contributed by atoms with E-state index in [9.17, 15) is 4.79 Å². The maximum atomic E-state index is 11.8. The summed E-state index contributed by atoms with van der Waals surface area (Å²) >= 11 is 11.8. The number of anilines is 1. The van der Waals surface area contributed by atoms with Crippen LogP contribution < -0.4 is 5.32 Å². The van der Waals surface area contributed by atoms with Gasteiger partial charge in [-0.05, 0) is 30.2 Å². The summed E-state index contributed by atoms with van der Waals surface area (Å²) in [6, 6.07) is 4.97. The molecule has 0 aliphatic carbocycles. The summed E-state index contributed by atoms with van der Waals surface area (Å²) in [4.78, 5) is 11.8. The highest BCUT2D eigenvalue weighted by molar-refractivity contribution is 6.36. The van der Waals surface area contributed by atoms with Gasteiger partial charge in [-0.25, -0.2) is 0 Å². The fourth-order valence-corrected chi connectivity index (χ4v) is 2.12. The van der Waals surface area contributed by atoms with Crippen molar-refractivity contribution in [3.05, 3.63) is 46.2 Å². The molecule has 0 bridgehead atoms. The van der Waals surface area contributed by atoms with Gasteiger partial charge in [-0.15, -0.1) is 0 Å². The van der Waals surface area contributed by atoms with Crippen molar-refractivity contribution in [3.63, 3.8) is 0 Å². The number of aromatic nitrogens is 2. The van der Waals surface area contributed by atoms with E-state index in [4.69, 9.17) is 23.2 Å². The summed E-state index contributed by atoms with van der Waals surface area (Å²) in [5.41, 5.74) is 1.60. The van der Waals surface area contributed by atoms with Crippen LogP contribution >= 0.6 is 23.2 Å². The number of carbonyl (C=O) groups is 1. The zero-order valence-electron chi connectivity index (χ0n) is 10.4. The average molecular weight is 298 g/mol. The third kappa shape index (κ3) is 3.98. The minimum Gasteiger partial charge on any atom is -0.325 e. The number of benzene rings is 1. The number of carbonyl (C=O) groups excluding carboxylic acids is 1. The van der Waals surface area contributed by atoms with E-state index in [0.29, 0.717) is 28.6 Å². The molecule has 0 radical (unpaired) electrons. The molecule has 2 rings (SSSR count). The second-order valence-electron chi connectivity index (χ2n) is 4.19. The molecular formula is C13H13Cl2N3O. The summed E-state index contributed by atoms with van der Waals surface area (Å²) in [6.07, 6.45) is 4.67. The summed E-state index contributed by atoms with van der Waals surface area (Å²) < 4.78 is 1.71. The Balaban J connectivity index is 1.90. The Morgan fingerprint density at radius 3 is 2.84 bits per heavy atom. The van der Waals surface area contributed by atoms with Crippen LogP contribution in [0.3, 0.4) is 0 Å². The number of hydrogen-bond donors (Lipinski definition) is 1. The molecule has 19 heavy (non-hydrogen) atoms. The van der Waals surface area contributed by atoms with Gasteiger partial charge in [0, 0.05) is 24.7 Å². The fourth-order valence-electron chi connectivity index (χ4n) is 1.66. The monoisotopic (exact) mass is 297 g/mol. The van der Waals surface area contributed by atoms with Crippen LogP contribution in [-0.4, -0.2) is 15.7 Å². The zero-order chi connectivity index (χ0) is 13.8. The molecule has 0 unspecified atom stereocenters. The first-order valence-corrected chi connectivity index (χ1v) is 6.52. The molecule has 1 N–H and O–H groups in total. The topological polar surface area (TPSA) is 46.9 Å². The normalized spacial score (nSPS) is 10.5. The summed E-state index contributed by atoms with van der Waals surface area (Å²) in [7, 11) is 1.84. The lowest BCUT2D eigenvalue weighted by molar-refractivity contribution is -0.116. The highest BCUT2D eigenvalue weighted by Gasteiger charge is 2.07. The standard InChI is InChI=1S/C13H13Cl2N3O/c1-18-8-9(7-16-18)2-5-13(19)17-12-4-3-10(14)6-11(12)15/h3-4,6-8H,2,5H2,1H3,(H,17,19). The van der Waals surface area contributed by atoms with Gasteiger partial charge in [-0.3, -0.25) is 9.48 Å². The predicted octanol–water partition coefficient (Wildman–Crippen LogP) is 3.30. The van der Waals surface area contributed by atoms with E-state index in [1.54, 1.807) is 29.1 Å². The molecule has 1 heterocycles. The van der Waals surface area contributed by atoms with Crippen LogP contribution in [0.15, 0.2) is 30.6 Å². The molecule has 4 nitrogen and oxygen atoms in total. The Bertz CT molecular complexity index is 595. The van der Waals surface area contributed by atoms with Crippen LogP contribution in [0, 0.1) is 0 Å². The highest BCUT2D eigenvalue weighted by Crippen LogP contribution is 2.25. The molecule has 6 heteroatoms. The Morgan fingerprint density at radius 2 is 2.21 bits per heavy atom. The quantitative estimate of drug-likeness (QED) is 0.941. The van der Waals surface area contributed by atoms with Crippen molar-refractivity contribution in [2.24, 2.45) is 7.05 Å². The van der Waals surface area contributed by atoms with Gasteiger partial charge < -0.3 is 5.32 Å². The highest BCUT2D eigenvalue weighted by atomic mass is 35.5. The van der Waals surface area contributed by atoms with Crippen molar-refractivity contribution < 1.29 is 4.79 Å². The van der Waals surface area contributed by atoms with Gasteiger partial charge in [0.1, 0.15) is 0 Å². The van der Waals surface area contributed by atoms with Crippen molar-refractivity contribution in [2.45, 2.75) is 12.8 Å². The van der Waals surface area contributed by atoms with Crippen molar-refractivity contribution in [3.8, 4) is 0 Å². The predicted molar refractivity (Wildman–Crippen MR) is 76.6 cm³/mol. The van der Waals surface area contributed by atoms with E-state index in [0.717, 1.165) is 5.56 Å². The first kappa shape index (κ1) is 13.9. The molecule has 0 aliphatic heterocycles. The SMILES string of the molecule is Cn1cc(CCC(=O)Nc2ccc(Cl)cc2Cl)cn1. The van der Waals surface area contributed by atoms with Crippen LogP contribution in [-0.2, 0) is 18.3 Å². The van der Waals surface area contributed by atoms with Gasteiger partial charge in [-0.2, -0.15) is 5.10 Å². The van der Waals surface area contributed by atoms with Crippen LogP contribution in [0.2, 0.25) is 10.0 Å². The minimum atomic E-state index is -0.0897. The number of nitrogens with one attached hydrogen (secondary N) is 1. The molecule has 1 amide bonds. The zero-order valence-corrected chi connectivity index (χ0v) is 11.9. The van der Waals surface area contributed by atoms with Crippen LogP contribution in [0.4, 0.5) is 5.69 Å². The molecule has 2 aromatic rings. The Hall–Kier alpha value is -1.52. The van der Waals surface area contributed by atoms with E-state index >= 15 is 0 Å². The number of halogens is 2. The molecule has 1 aromatic heterocycles. The van der Waals surface area contributed by atoms with Gasteiger partial charge in [-0.1, -0.05) is 23.2 Å². The molecule has 0 saturated heterocycles. The van der Waals surface area contributed by atoms with Gasteiger partial charge in [0.05, 0.1) is 16.9 Å². The molecule has 0 fully saturated rings. The maximum absolute atomic E-state index is 11.8. The molecule has 0 atom stereocenters. The molecule has 0 aliphatic rings. The Morgan fingerprint density at radius 1 is 1.42 bits per heavy atom. The van der Waals surface area contributed by atoms with Crippen LogP contribution in [0.25, 0.3) is 0 Å². The number of rotatable bonds is 4. The lowest BCUT2D eigenvalue weighted by atomic mass is 10.2. The van der Waals surface area contributed by atoms with Crippen molar-refractivity contribution in [2.75, 3.05) is 5.32 Å². The van der Waals surface area contributed by atoms with E-state index in [-0.39, 0.29) is 5.91 Å². The van der Waals surface area contributed by atoms with E-state index in [1.807, 2.05) is 13.2 Å². The summed E-state index contributed by atoms with van der Waals surface area (Å²) in [5, 5.41) is 7.78. The lowest BCUT2D eigenvalue weighted by Gasteiger charge is -2.07. The molecule has 1 aromatic carbocycles. The van der Waals surface area contributed by atoms with Crippen LogP contribution in [0.1, 0.15) is 12.0 Å². The first-order chi connectivity index (χ1) is 9.04. The van der Waals surface area contributed by atoms with Gasteiger partial charge >= 0.3 is 0 Å². The number of hydrogen-bond acceptors (Lipinski definition) is 2. The summed E-state index contributed by atoms with van der Waals surface area (Å²) in [5.74, 6) is -0.0897. The number of nitrogens with zero attached hydrogens (tertiary/aromatic N) is 2. The van der Waals surface area contributed by atoms with Gasteiger partial charge in [0.15, 0.2) is 0 Å². The lowest BCUT2D eigenvalue weighted by Crippen LogP contribution is -2.12. The largest absolute Gasteiger partial charge is 0.325 e. The van der Waals surface area contributed by atoms with Gasteiger partial charge in [0.25, 0.3) is 0 Å². The number of aryl methyl sites for hydroxylation is 2. The molecule has 0 spiro atoms. The number of amides is 1. The minimum absolute atomic E-state index is 0.0897. The van der Waals surface area contributed by atoms with E-state index in [2.05, 4.69) is 10.4 Å². The molecule has 100 valence electrons. The first-order valence-electron chi connectivity index (χ1n) is 5.77. The van der Waals surface area contributed by atoms with E-state index in [1.165, 1.54) is 0 Å².